The maximum atomic E-state index is 14.9. The molecule has 45 heavy (non-hydrogen) atoms. The van der Waals surface area contributed by atoms with E-state index in [4.69, 9.17) is 4.74 Å². The Morgan fingerprint density at radius 1 is 0.978 bits per heavy atom. The Morgan fingerprint density at radius 2 is 1.67 bits per heavy atom. The molecule has 0 aromatic heterocycles. The SMILES string of the molecule is C=CCN(Cc1ccccc1)C(=O)[C@@H]1[C@H]2C(=O)N(CCCCCO)C(C(=O)N(CC=C)c3c(C)cccc3C)C23CC[C@@]1(C)O3. The van der Waals surface area contributed by atoms with Crippen LogP contribution in [0.1, 0.15) is 55.7 Å². The average molecular weight is 614 g/mol. The number of carbonyl (C=O) groups is 3. The number of anilines is 1. The Hall–Kier alpha value is -3.75. The van der Waals surface area contributed by atoms with Gasteiger partial charge in [0.25, 0.3) is 5.91 Å². The number of aliphatic hydroxyl groups excluding tert-OH is 1. The lowest BCUT2D eigenvalue weighted by Gasteiger charge is -2.37. The van der Waals surface area contributed by atoms with Gasteiger partial charge in [-0.1, -0.05) is 60.7 Å². The van der Waals surface area contributed by atoms with Gasteiger partial charge >= 0.3 is 0 Å². The van der Waals surface area contributed by atoms with E-state index in [1.165, 1.54) is 0 Å². The van der Waals surface area contributed by atoms with Crippen molar-refractivity contribution in [3.05, 3.63) is 90.5 Å². The van der Waals surface area contributed by atoms with Gasteiger partial charge in [0.1, 0.15) is 11.6 Å². The number of para-hydroxylation sites is 1. The van der Waals surface area contributed by atoms with Crippen molar-refractivity contribution in [1.29, 1.82) is 0 Å². The first-order valence-electron chi connectivity index (χ1n) is 16.2. The summed E-state index contributed by atoms with van der Waals surface area (Å²) < 4.78 is 6.92. The third-order valence-electron chi connectivity index (χ3n) is 10.00. The molecule has 3 heterocycles. The van der Waals surface area contributed by atoms with Gasteiger partial charge in [-0.05, 0) is 69.6 Å². The van der Waals surface area contributed by atoms with E-state index in [1.807, 2.05) is 69.3 Å². The van der Waals surface area contributed by atoms with Crippen molar-refractivity contribution in [2.24, 2.45) is 11.8 Å². The molecule has 0 radical (unpaired) electrons. The molecule has 8 heteroatoms. The summed E-state index contributed by atoms with van der Waals surface area (Å²) in [5.41, 5.74) is 1.70. The molecule has 3 aliphatic heterocycles. The minimum atomic E-state index is -1.12. The van der Waals surface area contributed by atoms with E-state index in [2.05, 4.69) is 13.2 Å². The normalized spacial score (nSPS) is 26.5. The molecule has 2 aromatic carbocycles. The summed E-state index contributed by atoms with van der Waals surface area (Å²) in [7, 11) is 0. The Morgan fingerprint density at radius 3 is 2.31 bits per heavy atom. The second-order valence-corrected chi connectivity index (χ2v) is 13.0. The number of likely N-dealkylation sites (tertiary alicyclic amines) is 1. The van der Waals surface area contributed by atoms with Crippen molar-refractivity contribution in [3.8, 4) is 0 Å². The molecule has 1 spiro atoms. The van der Waals surface area contributed by atoms with Crippen LogP contribution < -0.4 is 4.90 Å². The molecule has 5 atom stereocenters. The van der Waals surface area contributed by atoms with Gasteiger partial charge in [-0.3, -0.25) is 14.4 Å². The van der Waals surface area contributed by atoms with E-state index in [1.54, 1.807) is 26.9 Å². The fraction of sp³-hybridized carbons (Fsp3) is 0.486. The molecule has 0 saturated carbocycles. The van der Waals surface area contributed by atoms with E-state index in [0.717, 1.165) is 28.8 Å². The summed E-state index contributed by atoms with van der Waals surface area (Å²) >= 11 is 0. The van der Waals surface area contributed by atoms with Gasteiger partial charge in [-0.2, -0.15) is 0 Å². The number of ether oxygens (including phenoxy) is 1. The molecule has 2 bridgehead atoms. The molecule has 3 fully saturated rings. The fourth-order valence-corrected chi connectivity index (χ4v) is 8.08. The molecule has 3 saturated heterocycles. The minimum absolute atomic E-state index is 0.0706. The molecule has 240 valence electrons. The summed E-state index contributed by atoms with van der Waals surface area (Å²) in [5, 5.41) is 9.38. The number of amides is 3. The standard InChI is InChI=1S/C37H47N3O5/c1-6-21-38(25-28-17-10-8-11-18-28)33(42)29-30-34(43)40(23-12-9-13-24-41)32(37(30)20-19-36(29,5)45-37)35(44)39(22-7-2)31-26(3)15-14-16-27(31)4/h6-8,10-11,14-18,29-30,32,41H,1-2,9,12-13,19-25H2,3-5H3/t29-,30-,32?,36+,37?/m0/s1. The predicted octanol–water partition coefficient (Wildman–Crippen LogP) is 4.96. The van der Waals surface area contributed by atoms with Crippen LogP contribution in [0.2, 0.25) is 0 Å². The van der Waals surface area contributed by atoms with Crippen LogP contribution in [0, 0.1) is 25.7 Å². The first-order chi connectivity index (χ1) is 21.6. The van der Waals surface area contributed by atoms with Crippen molar-refractivity contribution in [2.75, 3.05) is 31.1 Å². The molecule has 3 amide bonds. The molecular weight excluding hydrogens is 566 g/mol. The van der Waals surface area contributed by atoms with Crippen LogP contribution in [0.25, 0.3) is 0 Å². The molecule has 3 aliphatic rings. The first kappa shape index (κ1) is 32.6. The largest absolute Gasteiger partial charge is 0.396 e. The van der Waals surface area contributed by atoms with Crippen LogP contribution in [-0.4, -0.2) is 76.1 Å². The lowest BCUT2D eigenvalue weighted by Crippen LogP contribution is -2.57. The van der Waals surface area contributed by atoms with Gasteiger partial charge < -0.3 is 24.5 Å². The number of hydrogen-bond donors (Lipinski definition) is 1. The van der Waals surface area contributed by atoms with Gasteiger partial charge in [0.15, 0.2) is 0 Å². The molecular formula is C37H47N3O5. The van der Waals surface area contributed by atoms with Crippen LogP contribution in [0.5, 0.6) is 0 Å². The number of carbonyl (C=O) groups excluding carboxylic acids is 3. The number of unbranched alkanes of at least 4 members (excludes halogenated alkanes) is 2. The third-order valence-corrected chi connectivity index (χ3v) is 10.00. The number of hydrogen-bond acceptors (Lipinski definition) is 5. The topological polar surface area (TPSA) is 90.4 Å². The maximum absolute atomic E-state index is 14.9. The average Bonchev–Trinajstić information content (AvgIpc) is 3.59. The van der Waals surface area contributed by atoms with Crippen LogP contribution in [-0.2, 0) is 25.7 Å². The lowest BCUT2D eigenvalue weighted by molar-refractivity contribution is -0.150. The van der Waals surface area contributed by atoms with E-state index in [0.29, 0.717) is 45.3 Å². The van der Waals surface area contributed by atoms with E-state index in [9.17, 15) is 19.5 Å². The zero-order valence-corrected chi connectivity index (χ0v) is 26.9. The second kappa shape index (κ2) is 13.3. The molecule has 2 unspecified atom stereocenters. The van der Waals surface area contributed by atoms with Crippen LogP contribution >= 0.6 is 0 Å². The van der Waals surface area contributed by atoms with Crippen molar-refractivity contribution in [3.63, 3.8) is 0 Å². The Balaban J connectivity index is 1.56. The predicted molar refractivity (Wildman–Crippen MR) is 175 cm³/mol. The third kappa shape index (κ3) is 5.74. The molecule has 5 rings (SSSR count). The highest BCUT2D eigenvalue weighted by Gasteiger charge is 2.78. The van der Waals surface area contributed by atoms with Crippen LogP contribution in [0.15, 0.2) is 73.8 Å². The van der Waals surface area contributed by atoms with Crippen molar-refractivity contribution in [1.82, 2.24) is 9.80 Å². The fourth-order valence-electron chi connectivity index (χ4n) is 8.08. The Kier molecular flexibility index (Phi) is 9.65. The summed E-state index contributed by atoms with van der Waals surface area (Å²) in [4.78, 5) is 49.3. The summed E-state index contributed by atoms with van der Waals surface area (Å²) in [6, 6.07) is 14.8. The smallest absolute Gasteiger partial charge is 0.253 e. The zero-order valence-electron chi connectivity index (χ0n) is 26.9. The highest BCUT2D eigenvalue weighted by Crippen LogP contribution is 2.63. The number of aryl methyl sites for hydroxylation is 2. The second-order valence-electron chi connectivity index (χ2n) is 13.0. The highest BCUT2D eigenvalue weighted by atomic mass is 16.5. The quantitative estimate of drug-likeness (QED) is 0.240. The Bertz CT molecular complexity index is 1420. The lowest BCUT2D eigenvalue weighted by atomic mass is 9.66. The minimum Gasteiger partial charge on any atom is -0.396 e. The molecule has 0 aliphatic carbocycles. The van der Waals surface area contributed by atoms with Gasteiger partial charge in [-0.25, -0.2) is 0 Å². The van der Waals surface area contributed by atoms with Gasteiger partial charge in [-0.15, -0.1) is 13.2 Å². The van der Waals surface area contributed by atoms with Crippen molar-refractivity contribution >= 4 is 23.4 Å². The number of nitrogens with zero attached hydrogens (tertiary/aromatic N) is 3. The monoisotopic (exact) mass is 613 g/mol. The van der Waals surface area contributed by atoms with Crippen molar-refractivity contribution in [2.45, 2.75) is 76.7 Å². The zero-order chi connectivity index (χ0) is 32.4. The summed E-state index contributed by atoms with van der Waals surface area (Å²) in [5.74, 6) is -2.06. The van der Waals surface area contributed by atoms with E-state index in [-0.39, 0.29) is 30.9 Å². The number of fused-ring (bicyclic) bond motifs is 1. The summed E-state index contributed by atoms with van der Waals surface area (Å²) in [6.45, 7) is 15.2. The Labute approximate surface area is 267 Å². The van der Waals surface area contributed by atoms with E-state index < -0.39 is 29.1 Å². The van der Waals surface area contributed by atoms with Crippen molar-refractivity contribution < 1.29 is 24.2 Å². The van der Waals surface area contributed by atoms with Crippen LogP contribution in [0.3, 0.4) is 0 Å². The van der Waals surface area contributed by atoms with Crippen LogP contribution in [0.4, 0.5) is 5.69 Å². The molecule has 8 nitrogen and oxygen atoms in total. The van der Waals surface area contributed by atoms with Gasteiger partial charge in [0.2, 0.25) is 11.8 Å². The summed E-state index contributed by atoms with van der Waals surface area (Å²) in [6.07, 6.45) is 6.48. The first-order valence-corrected chi connectivity index (χ1v) is 16.2. The number of aliphatic hydroxyl groups is 1. The molecule has 2 aromatic rings. The van der Waals surface area contributed by atoms with Gasteiger partial charge in [0, 0.05) is 38.5 Å². The van der Waals surface area contributed by atoms with E-state index >= 15 is 0 Å². The van der Waals surface area contributed by atoms with Gasteiger partial charge in [0.05, 0.1) is 17.4 Å². The maximum Gasteiger partial charge on any atom is 0.253 e. The highest BCUT2D eigenvalue weighted by molar-refractivity contribution is 6.05. The number of benzene rings is 2. The molecule has 1 N–H and O–H groups in total. The number of rotatable bonds is 14.